The van der Waals surface area contributed by atoms with E-state index in [0.717, 1.165) is 12.8 Å². The van der Waals surface area contributed by atoms with Crippen LogP contribution in [0.2, 0.25) is 0 Å². The third kappa shape index (κ3) is 1.26. The lowest BCUT2D eigenvalue weighted by molar-refractivity contribution is 0.0239. The molecule has 1 aliphatic carbocycles. The Labute approximate surface area is 86.8 Å². The summed E-state index contributed by atoms with van der Waals surface area (Å²) in [5.41, 5.74) is 1.82. The van der Waals surface area contributed by atoms with Crippen LogP contribution in [0.5, 0.6) is 0 Å². The van der Waals surface area contributed by atoms with E-state index in [1.807, 2.05) is 6.08 Å². The summed E-state index contributed by atoms with van der Waals surface area (Å²) in [4.78, 5) is 0. The molecule has 3 unspecified atom stereocenters. The monoisotopic (exact) mass is 192 g/mol. The van der Waals surface area contributed by atoms with Gasteiger partial charge in [-0.05, 0) is 19.8 Å². The number of rotatable bonds is 2. The fraction of sp³-hybridized carbons (Fsp3) is 0.692. The van der Waals surface area contributed by atoms with Crippen molar-refractivity contribution in [3.05, 3.63) is 24.3 Å². The maximum atomic E-state index is 6.09. The number of hydrogen-bond donors (Lipinski definition) is 0. The van der Waals surface area contributed by atoms with E-state index in [1.165, 1.54) is 5.57 Å². The summed E-state index contributed by atoms with van der Waals surface area (Å²) in [6, 6.07) is 0. The highest BCUT2D eigenvalue weighted by Gasteiger charge is 2.51. The second-order valence-electron chi connectivity index (χ2n) is 5.17. The minimum absolute atomic E-state index is 0.312. The molecule has 2 aliphatic rings. The molecule has 1 fully saturated rings. The molecular formula is C13H20O. The highest BCUT2D eigenvalue weighted by atomic mass is 16.5. The van der Waals surface area contributed by atoms with E-state index in [2.05, 4.69) is 33.4 Å². The first-order chi connectivity index (χ1) is 6.57. The van der Waals surface area contributed by atoms with E-state index in [-0.39, 0.29) is 0 Å². The Bertz CT molecular complexity index is 275. The van der Waals surface area contributed by atoms with Crippen molar-refractivity contribution in [2.45, 2.75) is 45.8 Å². The maximum absolute atomic E-state index is 6.09. The molecule has 0 aromatic heterocycles. The third-order valence-corrected chi connectivity index (χ3v) is 3.89. The molecule has 3 atom stereocenters. The first kappa shape index (κ1) is 9.97. The van der Waals surface area contributed by atoms with E-state index in [9.17, 15) is 0 Å². The van der Waals surface area contributed by atoms with Crippen LogP contribution >= 0.6 is 0 Å². The lowest BCUT2D eigenvalue weighted by Gasteiger charge is -2.35. The largest absolute Gasteiger partial charge is 0.373 e. The van der Waals surface area contributed by atoms with Crippen molar-refractivity contribution < 1.29 is 4.74 Å². The molecule has 1 saturated heterocycles. The average molecular weight is 192 g/mol. The van der Waals surface area contributed by atoms with E-state index in [4.69, 9.17) is 4.74 Å². The van der Waals surface area contributed by atoms with Crippen molar-refractivity contribution in [1.82, 2.24) is 0 Å². The van der Waals surface area contributed by atoms with Crippen molar-refractivity contribution in [3.8, 4) is 0 Å². The second-order valence-corrected chi connectivity index (χ2v) is 5.17. The van der Waals surface area contributed by atoms with Crippen molar-refractivity contribution in [2.75, 3.05) is 0 Å². The number of fused-ring (bicyclic) bond motifs is 2. The van der Waals surface area contributed by atoms with Gasteiger partial charge in [-0.15, -0.1) is 6.58 Å². The molecule has 0 aromatic rings. The Morgan fingerprint density at radius 2 is 2.36 bits per heavy atom. The average Bonchev–Trinajstić information content (AvgIpc) is 2.26. The first-order valence-corrected chi connectivity index (χ1v) is 5.50. The Morgan fingerprint density at radius 1 is 1.64 bits per heavy atom. The van der Waals surface area contributed by atoms with Gasteiger partial charge in [-0.2, -0.15) is 0 Å². The Balaban J connectivity index is 2.30. The Morgan fingerprint density at radius 3 is 3.00 bits per heavy atom. The van der Waals surface area contributed by atoms with Crippen molar-refractivity contribution in [3.63, 3.8) is 0 Å². The van der Waals surface area contributed by atoms with Gasteiger partial charge in [-0.3, -0.25) is 0 Å². The normalized spacial score (nSPS) is 39.4. The van der Waals surface area contributed by atoms with Gasteiger partial charge < -0.3 is 4.74 Å². The van der Waals surface area contributed by atoms with Crippen LogP contribution in [0.15, 0.2) is 24.3 Å². The molecule has 1 heterocycles. The lowest BCUT2D eigenvalue weighted by Crippen LogP contribution is -2.34. The van der Waals surface area contributed by atoms with Gasteiger partial charge in [0.25, 0.3) is 0 Å². The van der Waals surface area contributed by atoms with Gasteiger partial charge in [0.05, 0.1) is 12.2 Å². The van der Waals surface area contributed by atoms with Crippen LogP contribution in [-0.4, -0.2) is 12.2 Å². The van der Waals surface area contributed by atoms with Crippen molar-refractivity contribution in [1.29, 1.82) is 0 Å². The maximum Gasteiger partial charge on any atom is 0.0684 e. The van der Waals surface area contributed by atoms with Crippen LogP contribution in [0.1, 0.15) is 33.6 Å². The second kappa shape index (κ2) is 3.23. The summed E-state index contributed by atoms with van der Waals surface area (Å²) >= 11 is 0. The van der Waals surface area contributed by atoms with Gasteiger partial charge in [-0.25, -0.2) is 0 Å². The van der Waals surface area contributed by atoms with Gasteiger partial charge in [0, 0.05) is 11.3 Å². The van der Waals surface area contributed by atoms with E-state index in [1.54, 1.807) is 0 Å². The highest BCUT2D eigenvalue weighted by molar-refractivity contribution is 5.20. The van der Waals surface area contributed by atoms with Crippen LogP contribution in [0.4, 0.5) is 0 Å². The molecule has 0 N–H and O–H groups in total. The highest BCUT2D eigenvalue weighted by Crippen LogP contribution is 2.51. The van der Waals surface area contributed by atoms with Gasteiger partial charge >= 0.3 is 0 Å². The zero-order valence-corrected chi connectivity index (χ0v) is 9.42. The predicted octanol–water partition coefficient (Wildman–Crippen LogP) is 3.32. The van der Waals surface area contributed by atoms with Crippen LogP contribution < -0.4 is 0 Å². The molecule has 14 heavy (non-hydrogen) atoms. The minimum Gasteiger partial charge on any atom is -0.373 e. The third-order valence-electron chi connectivity index (χ3n) is 3.89. The molecule has 0 spiro atoms. The lowest BCUT2D eigenvalue weighted by atomic mass is 9.67. The molecule has 0 saturated carbocycles. The molecule has 1 heteroatoms. The Kier molecular flexibility index (Phi) is 2.30. The standard InChI is InChI=1S/C13H20O/c1-5-6-10-12-9(2)7-8-11(14-10)13(12,3)4/h5,7,10-12H,1,6,8H2,2-4H3. The zero-order chi connectivity index (χ0) is 10.3. The zero-order valence-electron chi connectivity index (χ0n) is 9.42. The predicted molar refractivity (Wildman–Crippen MR) is 59.1 cm³/mol. The molecule has 2 rings (SSSR count). The molecule has 1 nitrogen and oxygen atoms in total. The molecule has 0 radical (unpaired) electrons. The molecule has 0 amide bonds. The van der Waals surface area contributed by atoms with Crippen LogP contribution in [-0.2, 0) is 4.74 Å². The Hall–Kier alpha value is -0.560. The fourth-order valence-electron chi connectivity index (χ4n) is 3.16. The topological polar surface area (TPSA) is 9.23 Å². The van der Waals surface area contributed by atoms with Gasteiger partial charge in [0.1, 0.15) is 0 Å². The van der Waals surface area contributed by atoms with E-state index in [0.29, 0.717) is 23.5 Å². The van der Waals surface area contributed by atoms with E-state index < -0.39 is 0 Å². The van der Waals surface area contributed by atoms with Crippen LogP contribution in [0.3, 0.4) is 0 Å². The molecular weight excluding hydrogens is 172 g/mol. The van der Waals surface area contributed by atoms with Crippen molar-refractivity contribution >= 4 is 0 Å². The van der Waals surface area contributed by atoms with Crippen LogP contribution in [0, 0.1) is 11.3 Å². The summed E-state index contributed by atoms with van der Waals surface area (Å²) < 4.78 is 6.09. The first-order valence-electron chi connectivity index (χ1n) is 5.50. The summed E-state index contributed by atoms with van der Waals surface area (Å²) in [6.45, 7) is 10.7. The fourth-order valence-corrected chi connectivity index (χ4v) is 3.16. The van der Waals surface area contributed by atoms with Crippen LogP contribution in [0.25, 0.3) is 0 Å². The summed E-state index contributed by atoms with van der Waals surface area (Å²) in [6.07, 6.45) is 7.18. The smallest absolute Gasteiger partial charge is 0.0684 e. The number of ether oxygens (including phenoxy) is 1. The van der Waals surface area contributed by atoms with Gasteiger partial charge in [0.15, 0.2) is 0 Å². The SMILES string of the molecule is C=CCC1OC2CC=C(C)C1C2(C)C. The minimum atomic E-state index is 0.312. The number of hydrogen-bond acceptors (Lipinski definition) is 1. The molecule has 2 bridgehead atoms. The molecule has 78 valence electrons. The van der Waals surface area contributed by atoms with Gasteiger partial charge in [-0.1, -0.05) is 31.6 Å². The van der Waals surface area contributed by atoms with E-state index >= 15 is 0 Å². The summed E-state index contributed by atoms with van der Waals surface area (Å²) in [5, 5.41) is 0. The summed E-state index contributed by atoms with van der Waals surface area (Å²) in [5.74, 6) is 0.597. The van der Waals surface area contributed by atoms with Crippen molar-refractivity contribution in [2.24, 2.45) is 11.3 Å². The van der Waals surface area contributed by atoms with Gasteiger partial charge in [0.2, 0.25) is 0 Å². The quantitative estimate of drug-likeness (QED) is 0.610. The molecule has 0 aromatic carbocycles. The summed E-state index contributed by atoms with van der Waals surface area (Å²) in [7, 11) is 0. The molecule has 1 aliphatic heterocycles.